The van der Waals surface area contributed by atoms with Crippen LogP contribution in [0.5, 0.6) is 5.75 Å². The Morgan fingerprint density at radius 3 is 2.42 bits per heavy atom. The molecule has 3 aliphatic heterocycles. The molecule has 2 aromatic rings. The minimum Gasteiger partial charge on any atom is -0.501 e. The van der Waals surface area contributed by atoms with Crippen LogP contribution in [0, 0.1) is 11.7 Å². The molecule has 0 spiro atoms. The van der Waals surface area contributed by atoms with Crippen LogP contribution >= 0.6 is 0 Å². The van der Waals surface area contributed by atoms with Crippen molar-refractivity contribution in [2.75, 3.05) is 33.2 Å². The Balaban J connectivity index is 1.43. The molecule has 0 radical (unpaired) electrons. The van der Waals surface area contributed by atoms with Crippen LogP contribution in [0.1, 0.15) is 47.6 Å². The van der Waals surface area contributed by atoms with Crippen molar-refractivity contribution < 1.29 is 23.9 Å². The van der Waals surface area contributed by atoms with Gasteiger partial charge in [-0.15, -0.1) is 0 Å². The number of hydrogen-bond acceptors (Lipinski definition) is 7. The summed E-state index contributed by atoms with van der Waals surface area (Å²) in [7, 11) is 1.95. The summed E-state index contributed by atoms with van der Waals surface area (Å²) in [5, 5.41) is 16.1. The van der Waals surface area contributed by atoms with Crippen molar-refractivity contribution in [1.82, 2.24) is 30.0 Å². The van der Waals surface area contributed by atoms with Crippen LogP contribution in [-0.2, 0) is 28.2 Å². The predicted molar refractivity (Wildman–Crippen MR) is 134 cm³/mol. The van der Waals surface area contributed by atoms with Crippen molar-refractivity contribution in [3.05, 3.63) is 57.5 Å². The Morgan fingerprint density at radius 2 is 1.76 bits per heavy atom. The Kier molecular flexibility index (Phi) is 6.91. The summed E-state index contributed by atoms with van der Waals surface area (Å²) in [5.74, 6) is -3.05. The molecule has 3 N–H and O–H groups in total. The highest BCUT2D eigenvalue weighted by atomic mass is 19.1. The number of nitrogens with zero attached hydrogens (tertiary/aromatic N) is 4. The lowest BCUT2D eigenvalue weighted by molar-refractivity contribution is -0.148. The highest BCUT2D eigenvalue weighted by Gasteiger charge is 2.47. The molecule has 0 unspecified atom stereocenters. The van der Waals surface area contributed by atoms with Crippen LogP contribution < -0.4 is 16.2 Å². The third-order valence-corrected chi connectivity index (χ3v) is 7.89. The average molecular weight is 527 g/mol. The summed E-state index contributed by atoms with van der Waals surface area (Å²) in [5.41, 5.74) is -1.71. The molecule has 1 aromatic heterocycles. The fraction of sp³-hybridized carbons (Fsp3) is 0.500. The fourth-order valence-electron chi connectivity index (χ4n) is 5.55. The maximum Gasteiger partial charge on any atom is 0.311 e. The van der Waals surface area contributed by atoms with E-state index in [0.717, 1.165) is 0 Å². The maximum absolute atomic E-state index is 13.2. The second kappa shape index (κ2) is 10.2. The van der Waals surface area contributed by atoms with Gasteiger partial charge in [-0.1, -0.05) is 12.1 Å². The number of halogens is 1. The number of amides is 3. The number of fused-ring (bicyclic) bond motifs is 2. The number of likely N-dealkylation sites (N-methyl/N-ethyl adjacent to an activating group) is 1. The summed E-state index contributed by atoms with van der Waals surface area (Å²) in [6.07, 6.45) is 2.29. The number of aromatic hydroxyl groups is 1. The van der Waals surface area contributed by atoms with E-state index in [0.29, 0.717) is 64.0 Å². The Labute approximate surface area is 218 Å². The number of carbonyl (C=O) groups excluding carboxylic acids is 3. The van der Waals surface area contributed by atoms with Crippen LogP contribution in [0.4, 0.5) is 4.39 Å². The zero-order chi connectivity index (χ0) is 27.0. The zero-order valence-corrected chi connectivity index (χ0v) is 21.2. The van der Waals surface area contributed by atoms with Gasteiger partial charge in [0.1, 0.15) is 11.6 Å². The van der Waals surface area contributed by atoms with Crippen LogP contribution in [0.15, 0.2) is 29.1 Å². The SMILES string of the molecule is CN1CCN(C(=O)C(=O)NC23CCC(CC2)Cn2c3nc(C(=O)NCc3ccc(F)cc3)c(O)c2=O)CC1. The first-order chi connectivity index (χ1) is 18.2. The number of hydrogen-bond donors (Lipinski definition) is 3. The maximum atomic E-state index is 13.2. The highest BCUT2D eigenvalue weighted by Crippen LogP contribution is 2.43. The van der Waals surface area contributed by atoms with Crippen molar-refractivity contribution in [3.8, 4) is 5.75 Å². The first-order valence-electron chi connectivity index (χ1n) is 12.8. The molecule has 4 aliphatic rings. The Morgan fingerprint density at radius 1 is 1.11 bits per heavy atom. The molecule has 2 bridgehead atoms. The van der Waals surface area contributed by atoms with Gasteiger partial charge in [0.2, 0.25) is 5.75 Å². The molecular formula is C26H31FN6O5. The summed E-state index contributed by atoms with van der Waals surface area (Å²) in [4.78, 5) is 60.4. The second-order valence-electron chi connectivity index (χ2n) is 10.4. The van der Waals surface area contributed by atoms with Crippen molar-refractivity contribution in [2.24, 2.45) is 5.92 Å². The molecule has 12 heteroatoms. The molecule has 4 heterocycles. The number of carbonyl (C=O) groups is 3. The summed E-state index contributed by atoms with van der Waals surface area (Å²) < 4.78 is 14.5. The lowest BCUT2D eigenvalue weighted by atomic mass is 9.77. The van der Waals surface area contributed by atoms with Gasteiger partial charge in [-0.3, -0.25) is 23.7 Å². The van der Waals surface area contributed by atoms with E-state index in [1.165, 1.54) is 33.7 Å². The van der Waals surface area contributed by atoms with E-state index in [2.05, 4.69) is 20.5 Å². The molecule has 6 rings (SSSR count). The summed E-state index contributed by atoms with van der Waals surface area (Å²) >= 11 is 0. The monoisotopic (exact) mass is 526 g/mol. The van der Waals surface area contributed by atoms with Crippen LogP contribution in [0.2, 0.25) is 0 Å². The summed E-state index contributed by atoms with van der Waals surface area (Å²) in [6, 6.07) is 5.54. The molecule has 11 nitrogen and oxygen atoms in total. The zero-order valence-electron chi connectivity index (χ0n) is 21.2. The second-order valence-corrected chi connectivity index (χ2v) is 10.4. The average Bonchev–Trinajstić information content (AvgIpc) is 3.16. The van der Waals surface area contributed by atoms with Crippen LogP contribution in [0.3, 0.4) is 0 Å². The van der Waals surface area contributed by atoms with Crippen molar-refractivity contribution in [1.29, 1.82) is 0 Å². The molecule has 38 heavy (non-hydrogen) atoms. The van der Waals surface area contributed by atoms with E-state index >= 15 is 0 Å². The first kappa shape index (κ1) is 25.8. The molecule has 1 saturated carbocycles. The Hall–Kier alpha value is -3.80. The van der Waals surface area contributed by atoms with Gasteiger partial charge in [0.25, 0.3) is 11.5 Å². The van der Waals surface area contributed by atoms with Crippen LogP contribution in [0.25, 0.3) is 0 Å². The molecular weight excluding hydrogens is 495 g/mol. The molecule has 1 aromatic carbocycles. The third kappa shape index (κ3) is 4.87. The first-order valence-corrected chi connectivity index (χ1v) is 12.8. The lowest BCUT2D eigenvalue weighted by Gasteiger charge is -2.38. The molecule has 202 valence electrons. The van der Waals surface area contributed by atoms with Crippen LogP contribution in [-0.4, -0.2) is 75.4 Å². The van der Waals surface area contributed by atoms with Crippen molar-refractivity contribution >= 4 is 17.7 Å². The van der Waals surface area contributed by atoms with E-state index in [1.54, 1.807) is 0 Å². The van der Waals surface area contributed by atoms with Gasteiger partial charge < -0.3 is 25.5 Å². The predicted octanol–water partition coefficient (Wildman–Crippen LogP) is 0.307. The summed E-state index contributed by atoms with van der Waals surface area (Å²) in [6.45, 7) is 2.55. The van der Waals surface area contributed by atoms with E-state index in [1.807, 2.05) is 7.05 Å². The Bertz CT molecular complexity index is 1310. The van der Waals surface area contributed by atoms with E-state index in [4.69, 9.17) is 0 Å². The number of rotatable bonds is 4. The van der Waals surface area contributed by atoms with Gasteiger partial charge in [-0.05, 0) is 56.3 Å². The van der Waals surface area contributed by atoms with Crippen molar-refractivity contribution in [2.45, 2.75) is 44.3 Å². The smallest absolute Gasteiger partial charge is 0.311 e. The molecule has 3 amide bonds. The lowest BCUT2D eigenvalue weighted by Crippen LogP contribution is -2.56. The minimum atomic E-state index is -1.12. The number of aromatic nitrogens is 2. The van der Waals surface area contributed by atoms with Gasteiger partial charge in [-0.2, -0.15) is 0 Å². The van der Waals surface area contributed by atoms with Crippen molar-refractivity contribution in [3.63, 3.8) is 0 Å². The van der Waals surface area contributed by atoms with Gasteiger partial charge in [0.05, 0.1) is 5.54 Å². The normalized spacial score (nSPS) is 22.9. The van der Waals surface area contributed by atoms with Gasteiger partial charge >= 0.3 is 11.8 Å². The van der Waals surface area contributed by atoms with Gasteiger partial charge in [0, 0.05) is 39.3 Å². The van der Waals surface area contributed by atoms with Gasteiger partial charge in [0.15, 0.2) is 5.69 Å². The topological polar surface area (TPSA) is 137 Å². The number of nitrogens with one attached hydrogen (secondary N) is 2. The van der Waals surface area contributed by atoms with Gasteiger partial charge in [-0.25, -0.2) is 9.37 Å². The number of benzene rings is 1. The fourth-order valence-corrected chi connectivity index (χ4v) is 5.55. The minimum absolute atomic E-state index is 0.0299. The van der Waals surface area contributed by atoms with E-state index in [9.17, 15) is 28.7 Å². The molecule has 0 atom stereocenters. The highest BCUT2D eigenvalue weighted by molar-refractivity contribution is 6.35. The quantitative estimate of drug-likeness (QED) is 0.488. The third-order valence-electron chi connectivity index (χ3n) is 7.89. The molecule has 1 aliphatic carbocycles. The van der Waals surface area contributed by atoms with E-state index in [-0.39, 0.29) is 18.3 Å². The largest absolute Gasteiger partial charge is 0.501 e. The molecule has 2 fully saturated rings. The molecule has 1 saturated heterocycles. The number of piperazine rings is 1. The standard InChI is InChI=1S/C26H31FN6O5/c1-31-10-12-32(13-11-31)24(38)22(36)30-26-8-6-17(7-9-26)15-33-23(37)20(34)19(29-25(26)33)21(35)28-14-16-2-4-18(27)5-3-16/h2-5,17,34H,6-15H2,1H3,(H,28,35)(H,30,36). The van der Waals surface area contributed by atoms with E-state index < -0.39 is 46.1 Å².